The fourth-order valence-corrected chi connectivity index (χ4v) is 3.48. The molecule has 2 aromatic carbocycles. The number of aromatic nitrogens is 4. The largest absolute Gasteiger partial charge is 0.323 e. The maximum Gasteiger partial charge on any atom is 0.323 e. The molecule has 2 N–H and O–H groups in total. The number of hydrogen-bond acceptors (Lipinski definition) is 5. The summed E-state index contributed by atoms with van der Waals surface area (Å²) in [6.45, 7) is 0. The minimum atomic E-state index is -0.312. The van der Waals surface area contributed by atoms with Crippen LogP contribution in [-0.2, 0) is 0 Å². The molecule has 9 heteroatoms. The lowest BCUT2D eigenvalue weighted by atomic mass is 10.3. The minimum absolute atomic E-state index is 0.312. The molecule has 4 rings (SSSR count). The molecule has 0 fully saturated rings. The molecule has 0 aliphatic rings. The third-order valence-electron chi connectivity index (χ3n) is 3.59. The molecule has 4 aromatic rings. The Bertz CT molecular complexity index is 1100. The maximum absolute atomic E-state index is 12.3. The summed E-state index contributed by atoms with van der Waals surface area (Å²) in [7, 11) is 0. The van der Waals surface area contributed by atoms with Gasteiger partial charge in [-0.15, -0.1) is 10.2 Å². The average Bonchev–Trinajstić information content (AvgIpc) is 3.13. The predicted molar refractivity (Wildman–Crippen MR) is 108 cm³/mol. The summed E-state index contributed by atoms with van der Waals surface area (Å²) >= 11 is 4.82. The zero-order valence-electron chi connectivity index (χ0n) is 13.8. The first-order chi connectivity index (χ1) is 13.2. The van der Waals surface area contributed by atoms with Crippen molar-refractivity contribution in [2.75, 3.05) is 10.6 Å². The molecular weight excluding hydrogens is 428 g/mol. The first-order valence-corrected chi connectivity index (χ1v) is 9.56. The molecule has 0 aliphatic carbocycles. The Labute approximate surface area is 167 Å². The number of rotatable bonds is 4. The molecule has 0 unspecified atom stereocenters. The first-order valence-electron chi connectivity index (χ1n) is 7.95. The van der Waals surface area contributed by atoms with Crippen LogP contribution in [0, 0.1) is 0 Å². The van der Waals surface area contributed by atoms with Crippen LogP contribution in [0.15, 0.2) is 81.4 Å². The van der Waals surface area contributed by atoms with Gasteiger partial charge in [-0.3, -0.25) is 0 Å². The highest BCUT2D eigenvalue weighted by Crippen LogP contribution is 2.32. The van der Waals surface area contributed by atoms with E-state index in [1.807, 2.05) is 60.7 Å². The summed E-state index contributed by atoms with van der Waals surface area (Å²) in [5.41, 5.74) is 2.09. The van der Waals surface area contributed by atoms with Gasteiger partial charge in [0.15, 0.2) is 5.65 Å². The highest BCUT2D eigenvalue weighted by Gasteiger charge is 2.10. The van der Waals surface area contributed by atoms with E-state index in [0.29, 0.717) is 17.0 Å². The van der Waals surface area contributed by atoms with Crippen LogP contribution in [0.4, 0.5) is 16.2 Å². The zero-order chi connectivity index (χ0) is 18.6. The molecule has 2 amide bonds. The number of hydrogen-bond donors (Lipinski definition) is 2. The van der Waals surface area contributed by atoms with Gasteiger partial charge < -0.3 is 10.6 Å². The SMILES string of the molecule is O=C(Nc1ccc(Br)cc1)Nc1ccccc1Sc1ccc2nncn2n1. The number of benzene rings is 2. The summed E-state index contributed by atoms with van der Waals surface area (Å²) in [6, 6.07) is 18.3. The molecule has 134 valence electrons. The normalized spacial score (nSPS) is 10.7. The molecule has 0 spiro atoms. The third kappa shape index (κ3) is 4.26. The van der Waals surface area contributed by atoms with E-state index in [0.717, 1.165) is 14.4 Å². The van der Waals surface area contributed by atoms with E-state index < -0.39 is 0 Å². The van der Waals surface area contributed by atoms with Crippen molar-refractivity contribution >= 4 is 50.7 Å². The Morgan fingerprint density at radius 3 is 2.67 bits per heavy atom. The molecule has 27 heavy (non-hydrogen) atoms. The number of anilines is 2. The topological polar surface area (TPSA) is 84.2 Å². The van der Waals surface area contributed by atoms with Crippen molar-refractivity contribution in [3.8, 4) is 0 Å². The van der Waals surface area contributed by atoms with Gasteiger partial charge in [-0.05, 0) is 48.5 Å². The lowest BCUT2D eigenvalue weighted by molar-refractivity contribution is 0.262. The number of nitrogens with zero attached hydrogens (tertiary/aromatic N) is 4. The van der Waals surface area contributed by atoms with Crippen LogP contribution in [-0.4, -0.2) is 25.8 Å². The van der Waals surface area contributed by atoms with Crippen LogP contribution in [0.3, 0.4) is 0 Å². The smallest absolute Gasteiger partial charge is 0.308 e. The van der Waals surface area contributed by atoms with E-state index in [1.165, 1.54) is 11.8 Å². The lowest BCUT2D eigenvalue weighted by Crippen LogP contribution is -2.19. The Kier molecular flexibility index (Phi) is 5.03. The Balaban J connectivity index is 1.50. The molecule has 0 radical (unpaired) electrons. The van der Waals surface area contributed by atoms with Crippen LogP contribution >= 0.6 is 27.7 Å². The highest BCUT2D eigenvalue weighted by atomic mass is 79.9. The predicted octanol–water partition coefficient (Wildman–Crippen LogP) is 4.68. The molecule has 0 aliphatic heterocycles. The number of halogens is 1. The Morgan fingerprint density at radius 1 is 1.00 bits per heavy atom. The molecule has 0 bridgehead atoms. The second-order valence-electron chi connectivity index (χ2n) is 5.49. The zero-order valence-corrected chi connectivity index (χ0v) is 16.2. The molecular formula is C18H13BrN6OS. The van der Waals surface area contributed by atoms with Crippen molar-refractivity contribution in [3.63, 3.8) is 0 Å². The standard InChI is InChI=1S/C18H13BrN6OS/c19-12-5-7-13(8-6-12)21-18(26)22-14-3-1-2-4-15(14)27-17-10-9-16-23-20-11-25(16)24-17/h1-11H,(H2,21,22,26). The van der Waals surface area contributed by atoms with E-state index >= 15 is 0 Å². The number of fused-ring (bicyclic) bond motifs is 1. The molecule has 0 saturated carbocycles. The maximum atomic E-state index is 12.3. The molecule has 2 aromatic heterocycles. The van der Waals surface area contributed by atoms with Crippen molar-refractivity contribution < 1.29 is 4.79 Å². The van der Waals surface area contributed by atoms with Gasteiger partial charge in [0.1, 0.15) is 11.4 Å². The average molecular weight is 441 g/mol. The van der Waals surface area contributed by atoms with Gasteiger partial charge in [0.05, 0.1) is 5.69 Å². The van der Waals surface area contributed by atoms with Gasteiger partial charge in [-0.1, -0.05) is 39.8 Å². The molecule has 2 heterocycles. The molecule has 7 nitrogen and oxygen atoms in total. The fraction of sp³-hybridized carbons (Fsp3) is 0. The van der Waals surface area contributed by atoms with Gasteiger partial charge in [-0.25, -0.2) is 4.79 Å². The second-order valence-corrected chi connectivity index (χ2v) is 7.47. The van der Waals surface area contributed by atoms with Crippen LogP contribution in [0.1, 0.15) is 0 Å². The quantitative estimate of drug-likeness (QED) is 0.481. The van der Waals surface area contributed by atoms with Crippen LogP contribution in [0.25, 0.3) is 5.65 Å². The summed E-state index contributed by atoms with van der Waals surface area (Å²) in [4.78, 5) is 13.2. The summed E-state index contributed by atoms with van der Waals surface area (Å²) in [5.74, 6) is 0. The van der Waals surface area contributed by atoms with E-state index in [-0.39, 0.29) is 6.03 Å². The number of carbonyl (C=O) groups is 1. The van der Waals surface area contributed by atoms with E-state index in [1.54, 1.807) is 10.8 Å². The van der Waals surface area contributed by atoms with Crippen molar-refractivity contribution in [3.05, 3.63) is 71.5 Å². The Morgan fingerprint density at radius 2 is 1.81 bits per heavy atom. The van der Waals surface area contributed by atoms with Crippen molar-refractivity contribution in [2.45, 2.75) is 9.92 Å². The number of carbonyl (C=O) groups excluding carboxylic acids is 1. The van der Waals surface area contributed by atoms with Gasteiger partial charge >= 0.3 is 6.03 Å². The van der Waals surface area contributed by atoms with E-state index in [4.69, 9.17) is 0 Å². The monoisotopic (exact) mass is 440 g/mol. The Hall–Kier alpha value is -2.91. The summed E-state index contributed by atoms with van der Waals surface area (Å²) < 4.78 is 2.56. The fourth-order valence-electron chi connectivity index (χ4n) is 2.35. The highest BCUT2D eigenvalue weighted by molar-refractivity contribution is 9.10. The summed E-state index contributed by atoms with van der Waals surface area (Å²) in [5, 5.41) is 18.7. The van der Waals surface area contributed by atoms with Crippen molar-refractivity contribution in [1.82, 2.24) is 19.8 Å². The van der Waals surface area contributed by atoms with Crippen LogP contribution in [0.2, 0.25) is 0 Å². The lowest BCUT2D eigenvalue weighted by Gasteiger charge is -2.11. The third-order valence-corrected chi connectivity index (χ3v) is 5.12. The number of urea groups is 1. The first kappa shape index (κ1) is 17.5. The molecule has 0 atom stereocenters. The van der Waals surface area contributed by atoms with Crippen molar-refractivity contribution in [2.24, 2.45) is 0 Å². The second kappa shape index (κ2) is 7.77. The van der Waals surface area contributed by atoms with Gasteiger partial charge in [0, 0.05) is 15.1 Å². The molecule has 0 saturated heterocycles. The van der Waals surface area contributed by atoms with Gasteiger partial charge in [0.2, 0.25) is 0 Å². The van der Waals surface area contributed by atoms with Crippen LogP contribution < -0.4 is 10.6 Å². The summed E-state index contributed by atoms with van der Waals surface area (Å²) in [6.07, 6.45) is 1.55. The number of para-hydroxylation sites is 1. The van der Waals surface area contributed by atoms with Gasteiger partial charge in [0.25, 0.3) is 0 Å². The van der Waals surface area contributed by atoms with Crippen molar-refractivity contribution in [1.29, 1.82) is 0 Å². The number of amides is 2. The van der Waals surface area contributed by atoms with E-state index in [9.17, 15) is 4.79 Å². The van der Waals surface area contributed by atoms with Crippen LogP contribution in [0.5, 0.6) is 0 Å². The minimum Gasteiger partial charge on any atom is -0.308 e. The van der Waals surface area contributed by atoms with Gasteiger partial charge in [-0.2, -0.15) is 9.61 Å². The number of nitrogens with one attached hydrogen (secondary N) is 2. The van der Waals surface area contributed by atoms with E-state index in [2.05, 4.69) is 41.9 Å².